The number of ether oxygens (including phenoxy) is 1. The second kappa shape index (κ2) is 8.43. The molecule has 21 heavy (non-hydrogen) atoms. The normalized spacial score (nSPS) is 23.8. The van der Waals surface area contributed by atoms with Crippen LogP contribution in [0.15, 0.2) is 24.3 Å². The Balaban J connectivity index is 1.96. The van der Waals surface area contributed by atoms with Crippen LogP contribution in [-0.4, -0.2) is 6.61 Å². The molecule has 0 heterocycles. The van der Waals surface area contributed by atoms with Gasteiger partial charge in [-0.25, -0.2) is 0 Å². The van der Waals surface area contributed by atoms with Crippen molar-refractivity contribution in [1.29, 1.82) is 0 Å². The fourth-order valence-electron chi connectivity index (χ4n) is 3.58. The van der Waals surface area contributed by atoms with Crippen LogP contribution in [-0.2, 0) is 0 Å². The minimum absolute atomic E-state index is 0.181. The number of nitrogens with two attached hydrogens (primary N) is 1. The molecule has 1 saturated carbocycles. The van der Waals surface area contributed by atoms with Gasteiger partial charge in [-0.3, -0.25) is 0 Å². The van der Waals surface area contributed by atoms with Crippen LogP contribution in [0.3, 0.4) is 0 Å². The van der Waals surface area contributed by atoms with Crippen LogP contribution in [0.2, 0.25) is 0 Å². The molecule has 1 aromatic rings. The number of hydrogen-bond donors (Lipinski definition) is 1. The van der Waals surface area contributed by atoms with E-state index in [0.29, 0.717) is 5.92 Å². The largest absolute Gasteiger partial charge is 0.494 e. The predicted octanol–water partition coefficient (Wildman–Crippen LogP) is 5.08. The first-order chi connectivity index (χ1) is 10.3. The van der Waals surface area contributed by atoms with Crippen molar-refractivity contribution in [2.45, 2.75) is 64.8 Å². The van der Waals surface area contributed by atoms with Crippen LogP contribution in [0.25, 0.3) is 0 Å². The summed E-state index contributed by atoms with van der Waals surface area (Å²) in [7, 11) is 0. The summed E-state index contributed by atoms with van der Waals surface area (Å²) in [5, 5.41) is 0. The van der Waals surface area contributed by atoms with Crippen molar-refractivity contribution < 1.29 is 4.74 Å². The Morgan fingerprint density at radius 3 is 2.52 bits per heavy atom. The summed E-state index contributed by atoms with van der Waals surface area (Å²) >= 11 is 0. The summed E-state index contributed by atoms with van der Waals surface area (Å²) in [6, 6.07) is 8.66. The summed E-state index contributed by atoms with van der Waals surface area (Å²) in [4.78, 5) is 0. The minimum Gasteiger partial charge on any atom is -0.494 e. The van der Waals surface area contributed by atoms with Gasteiger partial charge in [0.05, 0.1) is 6.61 Å². The second-order valence-electron chi connectivity index (χ2n) is 6.41. The van der Waals surface area contributed by atoms with E-state index < -0.39 is 0 Å². The highest BCUT2D eigenvalue weighted by molar-refractivity contribution is 5.29. The van der Waals surface area contributed by atoms with Crippen LogP contribution >= 0.6 is 0 Å². The highest BCUT2D eigenvalue weighted by atomic mass is 16.5. The molecule has 0 spiro atoms. The van der Waals surface area contributed by atoms with Crippen molar-refractivity contribution in [1.82, 2.24) is 0 Å². The lowest BCUT2D eigenvalue weighted by atomic mass is 9.73. The van der Waals surface area contributed by atoms with Gasteiger partial charge in [0.25, 0.3) is 0 Å². The molecular weight excluding hydrogens is 258 g/mol. The van der Waals surface area contributed by atoms with Gasteiger partial charge in [-0.2, -0.15) is 0 Å². The molecule has 0 amide bonds. The molecule has 1 fully saturated rings. The van der Waals surface area contributed by atoms with E-state index in [1.54, 1.807) is 0 Å². The van der Waals surface area contributed by atoms with Crippen molar-refractivity contribution >= 4 is 0 Å². The van der Waals surface area contributed by atoms with E-state index in [1.165, 1.54) is 44.1 Å². The molecule has 0 radical (unpaired) electrons. The second-order valence-corrected chi connectivity index (χ2v) is 6.41. The number of unbranched alkanes of at least 4 members (excludes halogenated alkanes) is 1. The van der Waals surface area contributed by atoms with Crippen LogP contribution in [0.5, 0.6) is 5.75 Å². The Hall–Kier alpha value is -1.02. The first kappa shape index (κ1) is 16.4. The monoisotopic (exact) mass is 289 g/mol. The van der Waals surface area contributed by atoms with Crippen molar-refractivity contribution in [2.75, 3.05) is 6.61 Å². The van der Waals surface area contributed by atoms with Gasteiger partial charge in [-0.15, -0.1) is 0 Å². The van der Waals surface area contributed by atoms with Gasteiger partial charge < -0.3 is 10.5 Å². The van der Waals surface area contributed by atoms with Gasteiger partial charge in [-0.1, -0.05) is 58.1 Å². The summed E-state index contributed by atoms with van der Waals surface area (Å²) in [6.07, 6.45) is 8.90. The molecule has 0 bridgehead atoms. The lowest BCUT2D eigenvalue weighted by Crippen LogP contribution is -2.30. The third-order valence-electron chi connectivity index (χ3n) is 4.99. The van der Waals surface area contributed by atoms with E-state index in [0.717, 1.165) is 24.7 Å². The van der Waals surface area contributed by atoms with Gasteiger partial charge in [-0.05, 0) is 42.4 Å². The van der Waals surface area contributed by atoms with Crippen LogP contribution in [0.4, 0.5) is 0 Å². The van der Waals surface area contributed by atoms with Crippen LogP contribution in [0, 0.1) is 11.8 Å². The Labute approximate surface area is 130 Å². The van der Waals surface area contributed by atoms with Crippen molar-refractivity contribution in [3.8, 4) is 5.75 Å². The fraction of sp³-hybridized carbons (Fsp3) is 0.684. The van der Waals surface area contributed by atoms with E-state index in [4.69, 9.17) is 10.5 Å². The van der Waals surface area contributed by atoms with Gasteiger partial charge >= 0.3 is 0 Å². The summed E-state index contributed by atoms with van der Waals surface area (Å²) < 4.78 is 5.73. The van der Waals surface area contributed by atoms with Gasteiger partial charge in [0, 0.05) is 6.04 Å². The van der Waals surface area contributed by atoms with Crippen LogP contribution < -0.4 is 10.5 Å². The standard InChI is InChI=1S/C19H31NO/c1-3-5-14-21-17-12-10-16(11-13-17)19(20)18-9-7-6-8-15(18)4-2/h10-13,15,18-19H,3-9,14,20H2,1-2H3. The molecule has 0 aliphatic heterocycles. The minimum atomic E-state index is 0.181. The summed E-state index contributed by atoms with van der Waals surface area (Å²) in [5.41, 5.74) is 7.83. The maximum Gasteiger partial charge on any atom is 0.119 e. The van der Waals surface area contributed by atoms with Crippen LogP contribution in [0.1, 0.15) is 70.4 Å². The molecule has 2 heteroatoms. The number of rotatable bonds is 7. The first-order valence-electron chi connectivity index (χ1n) is 8.74. The molecule has 1 aliphatic carbocycles. The first-order valence-corrected chi connectivity index (χ1v) is 8.74. The molecule has 3 atom stereocenters. The van der Waals surface area contributed by atoms with E-state index in [1.807, 2.05) is 0 Å². The number of benzene rings is 1. The Kier molecular flexibility index (Phi) is 6.56. The van der Waals surface area contributed by atoms with Crippen molar-refractivity contribution in [3.05, 3.63) is 29.8 Å². The third-order valence-corrected chi connectivity index (χ3v) is 4.99. The third kappa shape index (κ3) is 4.47. The quantitative estimate of drug-likeness (QED) is 0.710. The number of hydrogen-bond acceptors (Lipinski definition) is 2. The van der Waals surface area contributed by atoms with Gasteiger partial charge in [0.1, 0.15) is 5.75 Å². The lowest BCUT2D eigenvalue weighted by molar-refractivity contribution is 0.196. The SMILES string of the molecule is CCCCOc1ccc(C(N)C2CCCCC2CC)cc1. The molecule has 1 aliphatic rings. The van der Waals surface area contributed by atoms with Gasteiger partial charge in [0.2, 0.25) is 0 Å². The molecule has 1 aromatic carbocycles. The van der Waals surface area contributed by atoms with E-state index in [-0.39, 0.29) is 6.04 Å². The summed E-state index contributed by atoms with van der Waals surface area (Å²) in [6.45, 7) is 5.29. The molecule has 118 valence electrons. The molecular formula is C19H31NO. The lowest BCUT2D eigenvalue weighted by Gasteiger charge is -2.35. The average Bonchev–Trinajstić information content (AvgIpc) is 2.55. The molecule has 2 nitrogen and oxygen atoms in total. The Morgan fingerprint density at radius 2 is 1.86 bits per heavy atom. The molecule has 0 aromatic heterocycles. The zero-order valence-electron chi connectivity index (χ0n) is 13.7. The van der Waals surface area contributed by atoms with E-state index in [9.17, 15) is 0 Å². The fourth-order valence-corrected chi connectivity index (χ4v) is 3.58. The molecule has 3 unspecified atom stereocenters. The van der Waals surface area contributed by atoms with E-state index in [2.05, 4.69) is 38.1 Å². The average molecular weight is 289 g/mol. The molecule has 2 rings (SSSR count). The van der Waals surface area contributed by atoms with E-state index >= 15 is 0 Å². The van der Waals surface area contributed by atoms with Crippen molar-refractivity contribution in [3.63, 3.8) is 0 Å². The Bertz CT molecular complexity index is 401. The Morgan fingerprint density at radius 1 is 1.14 bits per heavy atom. The van der Waals surface area contributed by atoms with Gasteiger partial charge in [0.15, 0.2) is 0 Å². The van der Waals surface area contributed by atoms with Crippen molar-refractivity contribution in [2.24, 2.45) is 17.6 Å². The zero-order valence-corrected chi connectivity index (χ0v) is 13.7. The topological polar surface area (TPSA) is 35.2 Å². The predicted molar refractivity (Wildman–Crippen MR) is 89.5 cm³/mol. The maximum atomic E-state index is 6.57. The highest BCUT2D eigenvalue weighted by Crippen LogP contribution is 2.39. The molecule has 0 saturated heterocycles. The smallest absolute Gasteiger partial charge is 0.119 e. The molecule has 2 N–H and O–H groups in total. The summed E-state index contributed by atoms with van der Waals surface area (Å²) in [5.74, 6) is 2.42. The highest BCUT2D eigenvalue weighted by Gasteiger charge is 2.29. The zero-order chi connectivity index (χ0) is 15.1. The maximum absolute atomic E-state index is 6.57.